The summed E-state index contributed by atoms with van der Waals surface area (Å²) in [6, 6.07) is 14.6. The number of halogens is 2. The molecule has 0 aliphatic carbocycles. The van der Waals surface area contributed by atoms with E-state index in [0.717, 1.165) is 4.47 Å². The SMILES string of the molecule is CCc1nc2ccc(Br)cc2c(=O)n1N=Cc1cc(Cl)cc(OC)c1OCc1ccc([N+](=O)[O-])cc1. The van der Waals surface area contributed by atoms with Gasteiger partial charge in [-0.3, -0.25) is 14.9 Å². The number of fused-ring (bicyclic) bond motifs is 1. The van der Waals surface area contributed by atoms with Crippen LogP contribution >= 0.6 is 27.5 Å². The van der Waals surface area contributed by atoms with Gasteiger partial charge in [-0.25, -0.2) is 4.98 Å². The molecular formula is C25H20BrClN4O5. The van der Waals surface area contributed by atoms with Gasteiger partial charge in [0, 0.05) is 39.7 Å². The number of hydrogen-bond acceptors (Lipinski definition) is 7. The van der Waals surface area contributed by atoms with Gasteiger partial charge in [0.2, 0.25) is 0 Å². The van der Waals surface area contributed by atoms with Crippen LogP contribution in [0.3, 0.4) is 0 Å². The third-order valence-corrected chi connectivity index (χ3v) is 6.01. The van der Waals surface area contributed by atoms with E-state index in [9.17, 15) is 14.9 Å². The molecule has 0 atom stereocenters. The van der Waals surface area contributed by atoms with Gasteiger partial charge >= 0.3 is 0 Å². The van der Waals surface area contributed by atoms with E-state index >= 15 is 0 Å². The van der Waals surface area contributed by atoms with Gasteiger partial charge in [-0.05, 0) is 42.0 Å². The van der Waals surface area contributed by atoms with Crippen molar-refractivity contribution < 1.29 is 14.4 Å². The largest absolute Gasteiger partial charge is 0.493 e. The zero-order valence-corrected chi connectivity index (χ0v) is 21.6. The molecule has 4 aromatic rings. The highest BCUT2D eigenvalue weighted by Gasteiger charge is 2.14. The fourth-order valence-corrected chi connectivity index (χ4v) is 4.10. The van der Waals surface area contributed by atoms with Gasteiger partial charge in [0.25, 0.3) is 11.2 Å². The van der Waals surface area contributed by atoms with E-state index in [1.165, 1.54) is 30.1 Å². The van der Waals surface area contributed by atoms with Crippen molar-refractivity contribution in [3.63, 3.8) is 0 Å². The second-order valence-corrected chi connectivity index (χ2v) is 9.00. The highest BCUT2D eigenvalue weighted by Crippen LogP contribution is 2.34. The highest BCUT2D eigenvalue weighted by molar-refractivity contribution is 9.10. The minimum absolute atomic E-state index is 0.0103. The van der Waals surface area contributed by atoms with Gasteiger partial charge < -0.3 is 9.47 Å². The first-order chi connectivity index (χ1) is 17.3. The first kappa shape index (κ1) is 25.3. The molecule has 4 rings (SSSR count). The van der Waals surface area contributed by atoms with Crippen molar-refractivity contribution in [2.24, 2.45) is 5.10 Å². The summed E-state index contributed by atoms with van der Waals surface area (Å²) in [6.45, 7) is 2.00. The lowest BCUT2D eigenvalue weighted by molar-refractivity contribution is -0.384. The number of ether oxygens (including phenoxy) is 2. The van der Waals surface area contributed by atoms with Gasteiger partial charge in [0.1, 0.15) is 12.4 Å². The number of benzene rings is 3. The van der Waals surface area contributed by atoms with Crippen LogP contribution in [-0.4, -0.2) is 27.9 Å². The van der Waals surface area contributed by atoms with Crippen LogP contribution in [0.1, 0.15) is 23.9 Å². The number of nitro benzene ring substituents is 1. The fourth-order valence-electron chi connectivity index (χ4n) is 3.52. The van der Waals surface area contributed by atoms with E-state index in [2.05, 4.69) is 26.0 Å². The molecule has 1 aromatic heterocycles. The minimum Gasteiger partial charge on any atom is -0.493 e. The quantitative estimate of drug-likeness (QED) is 0.151. The molecule has 0 saturated carbocycles. The molecule has 11 heteroatoms. The van der Waals surface area contributed by atoms with Gasteiger partial charge in [-0.15, -0.1) is 0 Å². The smallest absolute Gasteiger partial charge is 0.282 e. The van der Waals surface area contributed by atoms with Crippen LogP contribution in [0.2, 0.25) is 5.02 Å². The third kappa shape index (κ3) is 5.39. The molecule has 0 fully saturated rings. The first-order valence-corrected chi connectivity index (χ1v) is 12.0. The molecule has 1 heterocycles. The predicted molar refractivity (Wildman–Crippen MR) is 142 cm³/mol. The molecule has 0 amide bonds. The molecule has 36 heavy (non-hydrogen) atoms. The molecule has 0 unspecified atom stereocenters. The fraction of sp³-hybridized carbons (Fsp3) is 0.160. The van der Waals surface area contributed by atoms with Gasteiger partial charge in [-0.1, -0.05) is 34.5 Å². The lowest BCUT2D eigenvalue weighted by Crippen LogP contribution is -2.22. The van der Waals surface area contributed by atoms with E-state index in [0.29, 0.717) is 50.8 Å². The van der Waals surface area contributed by atoms with Crippen molar-refractivity contribution in [1.29, 1.82) is 0 Å². The molecule has 184 valence electrons. The van der Waals surface area contributed by atoms with E-state index in [-0.39, 0.29) is 17.9 Å². The Balaban J connectivity index is 1.72. The Kier molecular flexibility index (Phi) is 7.66. The summed E-state index contributed by atoms with van der Waals surface area (Å²) in [5, 5.41) is 16.1. The van der Waals surface area contributed by atoms with Gasteiger partial charge in [0.15, 0.2) is 11.5 Å². The van der Waals surface area contributed by atoms with E-state index < -0.39 is 4.92 Å². The zero-order chi connectivity index (χ0) is 25.8. The average molecular weight is 572 g/mol. The maximum absolute atomic E-state index is 13.2. The Morgan fingerprint density at radius 1 is 1.19 bits per heavy atom. The van der Waals surface area contributed by atoms with E-state index in [4.69, 9.17) is 21.1 Å². The summed E-state index contributed by atoms with van der Waals surface area (Å²) in [5.41, 5.74) is 1.46. The highest BCUT2D eigenvalue weighted by atomic mass is 79.9. The van der Waals surface area contributed by atoms with Crippen LogP contribution in [0.4, 0.5) is 5.69 Å². The molecule has 0 bridgehead atoms. The van der Waals surface area contributed by atoms with Crippen LogP contribution in [0.25, 0.3) is 10.9 Å². The standard InChI is InChI=1S/C25H20BrClN4O5/c1-3-23-29-21-9-6-17(26)11-20(21)25(32)30(23)28-13-16-10-18(27)12-22(35-2)24(16)36-14-15-4-7-19(8-5-15)31(33)34/h4-13H,3,14H2,1-2H3. The van der Waals surface area contributed by atoms with Crippen molar-refractivity contribution in [3.05, 3.63) is 102 Å². The summed E-state index contributed by atoms with van der Waals surface area (Å²) >= 11 is 9.68. The topological polar surface area (TPSA) is 109 Å². The van der Waals surface area contributed by atoms with Crippen molar-refractivity contribution in [2.75, 3.05) is 7.11 Å². The zero-order valence-electron chi connectivity index (χ0n) is 19.3. The molecule has 0 radical (unpaired) electrons. The van der Waals surface area contributed by atoms with Crippen LogP contribution in [0, 0.1) is 10.1 Å². The molecule has 0 aliphatic heterocycles. The third-order valence-electron chi connectivity index (χ3n) is 5.30. The van der Waals surface area contributed by atoms with E-state index in [1.54, 1.807) is 36.4 Å². The maximum Gasteiger partial charge on any atom is 0.282 e. The number of rotatable bonds is 8. The average Bonchev–Trinajstić information content (AvgIpc) is 2.87. The van der Waals surface area contributed by atoms with Gasteiger partial charge in [-0.2, -0.15) is 9.78 Å². The van der Waals surface area contributed by atoms with Crippen molar-refractivity contribution in [1.82, 2.24) is 9.66 Å². The van der Waals surface area contributed by atoms with Crippen LogP contribution < -0.4 is 15.0 Å². The Bertz CT molecular complexity index is 1540. The summed E-state index contributed by atoms with van der Waals surface area (Å²) in [5.74, 6) is 1.22. The van der Waals surface area contributed by atoms with Crippen LogP contribution in [0.5, 0.6) is 11.5 Å². The molecule has 9 nitrogen and oxygen atoms in total. The van der Waals surface area contributed by atoms with Crippen molar-refractivity contribution in [3.8, 4) is 11.5 Å². The number of hydrogen-bond donors (Lipinski definition) is 0. The van der Waals surface area contributed by atoms with E-state index in [1.807, 2.05) is 13.0 Å². The second-order valence-electron chi connectivity index (χ2n) is 7.64. The summed E-state index contributed by atoms with van der Waals surface area (Å²) in [6.07, 6.45) is 1.95. The lowest BCUT2D eigenvalue weighted by Gasteiger charge is -2.14. The number of aromatic nitrogens is 2. The number of nitrogens with zero attached hydrogens (tertiary/aromatic N) is 4. The minimum atomic E-state index is -0.464. The normalized spacial score (nSPS) is 11.2. The molecule has 3 aromatic carbocycles. The number of nitro groups is 1. The maximum atomic E-state index is 13.2. The summed E-state index contributed by atoms with van der Waals surface area (Å²) < 4.78 is 13.5. The predicted octanol–water partition coefficient (Wildman–Crippen LogP) is 5.75. The Hall–Kier alpha value is -3.76. The Morgan fingerprint density at radius 2 is 1.94 bits per heavy atom. The number of methoxy groups -OCH3 is 1. The Labute approximate surface area is 219 Å². The molecule has 0 N–H and O–H groups in total. The Morgan fingerprint density at radius 3 is 2.61 bits per heavy atom. The summed E-state index contributed by atoms with van der Waals surface area (Å²) in [7, 11) is 1.48. The molecular weight excluding hydrogens is 552 g/mol. The van der Waals surface area contributed by atoms with Crippen LogP contribution in [0.15, 0.2) is 69.0 Å². The second kappa shape index (κ2) is 10.9. The van der Waals surface area contributed by atoms with Crippen molar-refractivity contribution >= 4 is 50.3 Å². The van der Waals surface area contributed by atoms with Crippen LogP contribution in [-0.2, 0) is 13.0 Å². The molecule has 0 aliphatic rings. The molecule has 0 saturated heterocycles. The first-order valence-electron chi connectivity index (χ1n) is 10.8. The van der Waals surface area contributed by atoms with Crippen molar-refractivity contribution in [2.45, 2.75) is 20.0 Å². The molecule has 0 spiro atoms. The number of aryl methyl sites for hydroxylation is 1. The van der Waals surface area contributed by atoms with Gasteiger partial charge in [0.05, 0.1) is 29.2 Å². The summed E-state index contributed by atoms with van der Waals surface area (Å²) in [4.78, 5) is 28.2. The number of non-ortho nitro benzene ring substituents is 1. The lowest BCUT2D eigenvalue weighted by atomic mass is 10.2. The monoisotopic (exact) mass is 570 g/mol.